The zero-order valence-corrected chi connectivity index (χ0v) is 38.7. The van der Waals surface area contributed by atoms with Crippen LogP contribution < -0.4 is 9.80 Å². The molecule has 5 heteroatoms. The molecule has 14 rings (SSSR count). The van der Waals surface area contributed by atoms with Crippen LogP contribution in [0, 0.1) is 0 Å². The van der Waals surface area contributed by atoms with Crippen molar-refractivity contribution in [3.63, 3.8) is 0 Å². The number of para-hydroxylation sites is 5. The zero-order valence-electron chi connectivity index (χ0n) is 38.7. The third-order valence-electron chi connectivity index (χ3n) is 15.6. The van der Waals surface area contributed by atoms with E-state index in [4.69, 9.17) is 13.3 Å². The van der Waals surface area contributed by atoms with Crippen molar-refractivity contribution in [2.75, 3.05) is 9.80 Å². The highest BCUT2D eigenvalue weighted by Crippen LogP contribution is 2.56. The number of hydrogen-bond acceptors (Lipinski definition) is 5. The number of hydrogen-bond donors (Lipinski definition) is 0. The van der Waals surface area contributed by atoms with Crippen molar-refractivity contribution in [3.8, 4) is 0 Å². The molecule has 0 aliphatic heterocycles. The van der Waals surface area contributed by atoms with Gasteiger partial charge in [0, 0.05) is 49.1 Å². The smallest absolute Gasteiger partial charge is 0.162 e. The first-order valence-corrected chi connectivity index (χ1v) is 25.2. The highest BCUT2D eigenvalue weighted by atomic mass is 16.3. The molecule has 3 aromatic heterocycles. The molecule has 3 heterocycles. The number of anilines is 6. The predicted molar refractivity (Wildman–Crippen MR) is 287 cm³/mol. The van der Waals surface area contributed by atoms with Gasteiger partial charge in [0.05, 0.1) is 28.1 Å². The van der Waals surface area contributed by atoms with E-state index in [1.807, 2.05) is 0 Å². The lowest BCUT2D eigenvalue weighted by Crippen LogP contribution is -2.15. The van der Waals surface area contributed by atoms with Crippen molar-refractivity contribution in [1.82, 2.24) is 0 Å². The van der Waals surface area contributed by atoms with Crippen molar-refractivity contribution in [2.24, 2.45) is 0 Å². The van der Waals surface area contributed by atoms with Crippen molar-refractivity contribution in [2.45, 2.75) is 76.0 Å². The summed E-state index contributed by atoms with van der Waals surface area (Å²) < 4.78 is 21.2. The van der Waals surface area contributed by atoms with Crippen molar-refractivity contribution >= 4 is 111 Å². The Morgan fingerprint density at radius 1 is 0.304 bits per heavy atom. The summed E-state index contributed by atoms with van der Waals surface area (Å²) >= 11 is 0. The monoisotopic (exact) mass is 896 g/mol. The van der Waals surface area contributed by atoms with Gasteiger partial charge in [-0.25, -0.2) is 0 Å². The minimum atomic E-state index is 0.584. The molecule has 2 fully saturated rings. The van der Waals surface area contributed by atoms with Crippen LogP contribution in [0.5, 0.6) is 0 Å². The first kappa shape index (κ1) is 40.3. The third kappa shape index (κ3) is 6.58. The minimum Gasteiger partial charge on any atom is -0.454 e. The summed E-state index contributed by atoms with van der Waals surface area (Å²) in [6.07, 6.45) is 12.8. The first-order chi connectivity index (χ1) is 34.2. The van der Waals surface area contributed by atoms with Crippen molar-refractivity contribution in [3.05, 3.63) is 193 Å². The number of furan rings is 3. The quantitative estimate of drug-likeness (QED) is 0.142. The molecule has 2 aliphatic rings. The van der Waals surface area contributed by atoms with E-state index < -0.39 is 0 Å². The topological polar surface area (TPSA) is 45.9 Å². The van der Waals surface area contributed by atoms with Gasteiger partial charge in [-0.3, -0.25) is 0 Å². The fourth-order valence-corrected chi connectivity index (χ4v) is 12.3. The second kappa shape index (κ2) is 16.5. The van der Waals surface area contributed by atoms with E-state index in [0.717, 1.165) is 111 Å². The van der Waals surface area contributed by atoms with Gasteiger partial charge in [0.1, 0.15) is 16.7 Å². The van der Waals surface area contributed by atoms with E-state index in [0.29, 0.717) is 11.8 Å². The average molecular weight is 897 g/mol. The lowest BCUT2D eigenvalue weighted by Gasteiger charge is -2.32. The number of fused-ring (bicyclic) bond motifs is 10. The van der Waals surface area contributed by atoms with Gasteiger partial charge in [-0.1, -0.05) is 166 Å². The predicted octanol–water partition coefficient (Wildman–Crippen LogP) is 19.6. The molecule has 5 nitrogen and oxygen atoms in total. The van der Waals surface area contributed by atoms with Crippen LogP contribution in [0.2, 0.25) is 0 Å². The van der Waals surface area contributed by atoms with Gasteiger partial charge in [-0.2, -0.15) is 0 Å². The van der Waals surface area contributed by atoms with Gasteiger partial charge in [0.25, 0.3) is 0 Å². The second-order valence-corrected chi connectivity index (χ2v) is 19.6. The van der Waals surface area contributed by atoms with E-state index in [9.17, 15) is 0 Å². The normalized spacial score (nSPS) is 15.1. The molecule has 0 atom stereocenters. The van der Waals surface area contributed by atoms with Crippen LogP contribution in [-0.4, -0.2) is 0 Å². The second-order valence-electron chi connectivity index (χ2n) is 19.6. The van der Waals surface area contributed by atoms with Crippen LogP contribution >= 0.6 is 0 Å². The maximum Gasteiger partial charge on any atom is 0.162 e. The number of nitrogens with zero attached hydrogens (tertiary/aromatic N) is 2. The van der Waals surface area contributed by atoms with Gasteiger partial charge in [0.2, 0.25) is 0 Å². The Labute approximate surface area is 401 Å². The zero-order chi connectivity index (χ0) is 45.4. The van der Waals surface area contributed by atoms with Crippen LogP contribution in [-0.2, 0) is 0 Å². The summed E-state index contributed by atoms with van der Waals surface area (Å²) in [4.78, 5) is 4.87. The van der Waals surface area contributed by atoms with Gasteiger partial charge in [-0.05, 0) is 103 Å². The Hall–Kier alpha value is -7.76. The average Bonchev–Trinajstić information content (AvgIpc) is 4.13. The summed E-state index contributed by atoms with van der Waals surface area (Å²) in [5, 5.41) is 8.60. The summed E-state index contributed by atoms with van der Waals surface area (Å²) in [7, 11) is 0. The number of rotatable bonds is 8. The molecule has 0 spiro atoms. The SMILES string of the molecule is c1ccc2c(c1)oc1c(N(c3ccc(C4CCCCC4)cc3)c3c4ccccc4c(N(c4ccc(C5CCCCC5)cc4)c4cccc5c4oc4ccccc45)c4c3oc3ccccc34)cccc12. The molecule has 0 bridgehead atoms. The van der Waals surface area contributed by atoms with Crippen LogP contribution in [0.25, 0.3) is 76.6 Å². The minimum absolute atomic E-state index is 0.584. The van der Waals surface area contributed by atoms with Crippen molar-refractivity contribution < 1.29 is 13.3 Å². The molecule has 0 N–H and O–H groups in total. The molecule has 0 amide bonds. The van der Waals surface area contributed by atoms with Crippen LogP contribution in [0.15, 0.2) is 195 Å². The highest BCUT2D eigenvalue weighted by molar-refractivity contribution is 6.29. The van der Waals surface area contributed by atoms with E-state index >= 15 is 0 Å². The highest BCUT2D eigenvalue weighted by Gasteiger charge is 2.32. The summed E-state index contributed by atoms with van der Waals surface area (Å²) in [6, 6.07) is 66.2. The van der Waals surface area contributed by atoms with Crippen LogP contribution in [0.4, 0.5) is 34.1 Å². The maximum absolute atomic E-state index is 7.38. The number of benzene rings is 9. The molecule has 9 aromatic carbocycles. The molecule has 2 saturated carbocycles. The lowest BCUT2D eigenvalue weighted by molar-refractivity contribution is 0.443. The van der Waals surface area contributed by atoms with E-state index in [2.05, 4.69) is 192 Å². The van der Waals surface area contributed by atoms with E-state index in [-0.39, 0.29) is 0 Å². The van der Waals surface area contributed by atoms with E-state index in [1.54, 1.807) is 0 Å². The van der Waals surface area contributed by atoms with Gasteiger partial charge >= 0.3 is 0 Å². The lowest BCUT2D eigenvalue weighted by atomic mass is 9.84. The maximum atomic E-state index is 7.38. The molecular formula is C64H52N2O3. The summed E-state index contributed by atoms with van der Waals surface area (Å²) in [5.41, 5.74) is 13.9. The fraction of sp³-hybridized carbons (Fsp3) is 0.188. The van der Waals surface area contributed by atoms with Gasteiger partial charge < -0.3 is 23.1 Å². The molecule has 0 saturated heterocycles. The molecule has 0 radical (unpaired) electrons. The summed E-state index contributed by atoms with van der Waals surface area (Å²) in [6.45, 7) is 0. The molecule has 69 heavy (non-hydrogen) atoms. The van der Waals surface area contributed by atoms with Crippen LogP contribution in [0.3, 0.4) is 0 Å². The molecule has 2 aliphatic carbocycles. The van der Waals surface area contributed by atoms with Gasteiger partial charge in [-0.15, -0.1) is 0 Å². The Bertz CT molecular complexity index is 3880. The Morgan fingerprint density at radius 2 is 0.681 bits per heavy atom. The molecule has 336 valence electrons. The van der Waals surface area contributed by atoms with Gasteiger partial charge in [0.15, 0.2) is 16.7 Å². The molecule has 0 unspecified atom stereocenters. The van der Waals surface area contributed by atoms with E-state index in [1.165, 1.54) is 75.3 Å². The largest absolute Gasteiger partial charge is 0.454 e. The standard InChI is InChI=1S/C64H52N2O3/c1-3-17-41(18-4-1)43-33-37-45(38-34-43)65(54-28-15-26-51-47-21-9-12-30-56(47)67-62(51)54)60-49-23-7-8-24-50(49)61(64-59(60)53-25-11-14-32-58(53)69-64)66(46-39-35-44(36-40-46)42-19-5-2-6-20-42)55-29-16-27-52-48-22-10-13-31-57(48)68-63(52)55/h7-16,21-42H,1-6,17-20H2. The Kier molecular flexibility index (Phi) is 9.63. The molecule has 12 aromatic rings. The first-order valence-electron chi connectivity index (χ1n) is 25.2. The Balaban J connectivity index is 1.08. The Morgan fingerprint density at radius 3 is 1.17 bits per heavy atom. The fourth-order valence-electron chi connectivity index (χ4n) is 12.3. The third-order valence-corrected chi connectivity index (χ3v) is 15.6. The van der Waals surface area contributed by atoms with Crippen LogP contribution in [0.1, 0.15) is 87.2 Å². The van der Waals surface area contributed by atoms with Crippen molar-refractivity contribution in [1.29, 1.82) is 0 Å². The summed E-state index contributed by atoms with van der Waals surface area (Å²) in [5.74, 6) is 1.17. The molecular weight excluding hydrogens is 845 g/mol.